The van der Waals surface area contributed by atoms with Gasteiger partial charge in [-0.2, -0.15) is 5.26 Å². The lowest BCUT2D eigenvalue weighted by atomic mass is 10.0. The number of carbonyl (C=O) groups is 2. The molecule has 2 amide bonds. The minimum atomic E-state index is -0.548. The highest BCUT2D eigenvalue weighted by Crippen LogP contribution is 2.42. The van der Waals surface area contributed by atoms with Crippen LogP contribution < -0.4 is 15.0 Å². The number of aryl methyl sites for hydroxylation is 2. The Kier molecular flexibility index (Phi) is 8.88. The first-order chi connectivity index (χ1) is 18.4. The molecule has 1 fully saturated rings. The van der Waals surface area contributed by atoms with Crippen molar-refractivity contribution in [3.63, 3.8) is 0 Å². The van der Waals surface area contributed by atoms with Crippen LogP contribution in [0, 0.1) is 18.3 Å². The molecule has 3 aromatic rings. The van der Waals surface area contributed by atoms with Crippen molar-refractivity contribution in [1.82, 2.24) is 0 Å². The molecule has 1 saturated heterocycles. The van der Waals surface area contributed by atoms with Crippen molar-refractivity contribution in [3.8, 4) is 11.8 Å². The van der Waals surface area contributed by atoms with E-state index in [1.165, 1.54) is 22.2 Å². The van der Waals surface area contributed by atoms with E-state index in [2.05, 4.69) is 42.6 Å². The Morgan fingerprint density at radius 2 is 1.79 bits per heavy atom. The number of amides is 2. The van der Waals surface area contributed by atoms with E-state index < -0.39 is 11.2 Å². The lowest BCUT2D eigenvalue weighted by molar-refractivity contribution is -0.117. The van der Waals surface area contributed by atoms with Crippen LogP contribution in [0.5, 0.6) is 5.75 Å². The maximum atomic E-state index is 13.7. The SMILES string of the molecule is CCCCc1ccc(CC2S/C(=C(/C#N)C(=O)Nc3cccc(C)c3)N(c3ccc(OC)cc3)C2=O)cc1. The average Bonchev–Trinajstić information content (AvgIpc) is 3.23. The molecule has 1 unspecified atom stereocenters. The van der Waals surface area contributed by atoms with Crippen LogP contribution in [0.1, 0.15) is 36.5 Å². The lowest BCUT2D eigenvalue weighted by Crippen LogP contribution is -2.30. The van der Waals surface area contributed by atoms with Gasteiger partial charge < -0.3 is 10.1 Å². The number of carbonyl (C=O) groups excluding carboxylic acids is 2. The summed E-state index contributed by atoms with van der Waals surface area (Å²) < 4.78 is 5.27. The highest BCUT2D eigenvalue weighted by Gasteiger charge is 2.40. The molecule has 3 aromatic carbocycles. The van der Waals surface area contributed by atoms with Crippen molar-refractivity contribution < 1.29 is 14.3 Å². The van der Waals surface area contributed by atoms with E-state index in [0.29, 0.717) is 28.6 Å². The van der Waals surface area contributed by atoms with Gasteiger partial charge in [0.15, 0.2) is 0 Å². The fourth-order valence-corrected chi connectivity index (χ4v) is 5.62. The Morgan fingerprint density at radius 1 is 1.08 bits per heavy atom. The summed E-state index contributed by atoms with van der Waals surface area (Å²) in [6.45, 7) is 4.10. The number of hydrogen-bond acceptors (Lipinski definition) is 5. The highest BCUT2D eigenvalue weighted by molar-refractivity contribution is 8.05. The molecule has 0 aliphatic carbocycles. The third kappa shape index (κ3) is 6.27. The minimum Gasteiger partial charge on any atom is -0.497 e. The molecule has 194 valence electrons. The predicted octanol–water partition coefficient (Wildman–Crippen LogP) is 6.41. The van der Waals surface area contributed by atoms with Crippen molar-refractivity contribution in [3.05, 3.63) is 100 Å². The van der Waals surface area contributed by atoms with Crippen LogP contribution in [0.15, 0.2) is 83.4 Å². The van der Waals surface area contributed by atoms with E-state index in [-0.39, 0.29) is 11.5 Å². The molecule has 1 heterocycles. The number of nitriles is 1. The summed E-state index contributed by atoms with van der Waals surface area (Å²) in [6, 6.07) is 24.8. The van der Waals surface area contributed by atoms with Gasteiger partial charge in [-0.25, -0.2) is 0 Å². The Labute approximate surface area is 228 Å². The van der Waals surface area contributed by atoms with Crippen LogP contribution in [0.25, 0.3) is 0 Å². The maximum Gasteiger partial charge on any atom is 0.269 e. The van der Waals surface area contributed by atoms with Crippen LogP contribution >= 0.6 is 11.8 Å². The summed E-state index contributed by atoms with van der Waals surface area (Å²) in [4.78, 5) is 28.5. The number of nitrogens with one attached hydrogen (secondary N) is 1. The van der Waals surface area contributed by atoms with Gasteiger partial charge in [-0.3, -0.25) is 14.5 Å². The maximum absolute atomic E-state index is 13.7. The summed E-state index contributed by atoms with van der Waals surface area (Å²) in [6.07, 6.45) is 3.81. The van der Waals surface area contributed by atoms with Crippen LogP contribution in [-0.4, -0.2) is 24.2 Å². The van der Waals surface area contributed by atoms with Crippen LogP contribution in [0.4, 0.5) is 11.4 Å². The summed E-state index contributed by atoms with van der Waals surface area (Å²) in [5.41, 5.74) is 4.37. The third-order valence-electron chi connectivity index (χ3n) is 6.38. The molecule has 0 aromatic heterocycles. The number of ether oxygens (including phenoxy) is 1. The van der Waals surface area contributed by atoms with E-state index >= 15 is 0 Å². The minimum absolute atomic E-state index is 0.0990. The largest absolute Gasteiger partial charge is 0.497 e. The number of unbranched alkanes of at least 4 members (excludes halogenated alkanes) is 1. The summed E-state index contributed by atoms with van der Waals surface area (Å²) >= 11 is 1.26. The van der Waals surface area contributed by atoms with Gasteiger partial charge in [0.2, 0.25) is 5.91 Å². The van der Waals surface area contributed by atoms with Gasteiger partial charge in [-0.05, 0) is 79.3 Å². The lowest BCUT2D eigenvalue weighted by Gasteiger charge is -2.19. The standard InChI is InChI=1S/C31H31N3O3S/c1-4-5-8-22-10-12-23(13-11-22)19-28-30(36)34(25-14-16-26(37-3)17-15-25)31(38-28)27(20-32)29(35)33-24-9-6-7-21(2)18-24/h6-7,9-18,28H,4-5,8,19H2,1-3H3,(H,33,35)/b31-27-. The highest BCUT2D eigenvalue weighted by atomic mass is 32.2. The molecule has 38 heavy (non-hydrogen) atoms. The normalized spacial score (nSPS) is 16.2. The van der Waals surface area contributed by atoms with Crippen molar-refractivity contribution in [2.75, 3.05) is 17.3 Å². The fourth-order valence-electron chi connectivity index (χ4n) is 4.31. The Morgan fingerprint density at radius 3 is 2.42 bits per heavy atom. The Bertz CT molecular complexity index is 1370. The molecule has 0 bridgehead atoms. The molecule has 1 aliphatic heterocycles. The molecule has 7 heteroatoms. The smallest absolute Gasteiger partial charge is 0.269 e. The molecule has 1 N–H and O–H groups in total. The molecule has 1 atom stereocenters. The number of rotatable bonds is 9. The van der Waals surface area contributed by atoms with Gasteiger partial charge in [-0.15, -0.1) is 0 Å². The molecule has 1 aliphatic rings. The molecule has 4 rings (SSSR count). The van der Waals surface area contributed by atoms with E-state index in [0.717, 1.165) is 30.4 Å². The van der Waals surface area contributed by atoms with Gasteiger partial charge in [0.1, 0.15) is 22.4 Å². The fraction of sp³-hybridized carbons (Fsp3) is 0.258. The van der Waals surface area contributed by atoms with Crippen LogP contribution in [0.3, 0.4) is 0 Å². The second-order valence-corrected chi connectivity index (χ2v) is 10.4. The van der Waals surface area contributed by atoms with Crippen molar-refractivity contribution >= 4 is 35.0 Å². The molecular formula is C31H31N3O3S. The van der Waals surface area contributed by atoms with Crippen molar-refractivity contribution in [1.29, 1.82) is 5.26 Å². The average molecular weight is 526 g/mol. The zero-order valence-corrected chi connectivity index (χ0v) is 22.7. The molecular weight excluding hydrogens is 494 g/mol. The Balaban J connectivity index is 1.66. The second-order valence-electron chi connectivity index (χ2n) is 9.22. The topological polar surface area (TPSA) is 82.4 Å². The zero-order valence-electron chi connectivity index (χ0n) is 21.9. The second kappa shape index (κ2) is 12.5. The van der Waals surface area contributed by atoms with Gasteiger partial charge in [0.25, 0.3) is 5.91 Å². The van der Waals surface area contributed by atoms with Crippen molar-refractivity contribution in [2.24, 2.45) is 0 Å². The number of anilines is 2. The first-order valence-corrected chi connectivity index (χ1v) is 13.6. The predicted molar refractivity (Wildman–Crippen MR) is 153 cm³/mol. The monoisotopic (exact) mass is 525 g/mol. The molecule has 0 radical (unpaired) electrons. The van der Waals surface area contributed by atoms with E-state index in [1.807, 2.05) is 25.1 Å². The summed E-state index contributed by atoms with van der Waals surface area (Å²) in [7, 11) is 1.57. The summed E-state index contributed by atoms with van der Waals surface area (Å²) in [5, 5.41) is 12.7. The molecule has 0 saturated carbocycles. The number of methoxy groups -OCH3 is 1. The van der Waals surface area contributed by atoms with Gasteiger partial charge in [-0.1, -0.05) is 61.5 Å². The summed E-state index contributed by atoms with van der Waals surface area (Å²) in [5.74, 6) is -0.0647. The van der Waals surface area contributed by atoms with E-state index in [1.54, 1.807) is 37.4 Å². The van der Waals surface area contributed by atoms with E-state index in [9.17, 15) is 14.9 Å². The third-order valence-corrected chi connectivity index (χ3v) is 7.64. The van der Waals surface area contributed by atoms with Crippen LogP contribution in [-0.2, 0) is 22.4 Å². The van der Waals surface area contributed by atoms with E-state index in [4.69, 9.17) is 4.74 Å². The van der Waals surface area contributed by atoms with Crippen LogP contribution in [0.2, 0.25) is 0 Å². The van der Waals surface area contributed by atoms with Gasteiger partial charge >= 0.3 is 0 Å². The first kappa shape index (κ1) is 27.0. The number of thioether (sulfide) groups is 1. The number of hydrogen-bond donors (Lipinski definition) is 1. The van der Waals surface area contributed by atoms with Crippen molar-refractivity contribution in [2.45, 2.75) is 44.8 Å². The quantitative estimate of drug-likeness (QED) is 0.258. The molecule has 6 nitrogen and oxygen atoms in total. The van der Waals surface area contributed by atoms with Gasteiger partial charge in [0, 0.05) is 11.4 Å². The number of benzene rings is 3. The Hall–Kier alpha value is -4.02. The first-order valence-electron chi connectivity index (χ1n) is 12.7. The molecule has 0 spiro atoms. The number of nitrogens with zero attached hydrogens (tertiary/aromatic N) is 2. The van der Waals surface area contributed by atoms with Gasteiger partial charge in [0.05, 0.1) is 12.4 Å². The zero-order chi connectivity index (χ0) is 27.1.